The Morgan fingerprint density at radius 1 is 1.44 bits per heavy atom. The second kappa shape index (κ2) is 6.45. The lowest BCUT2D eigenvalue weighted by atomic mass is 10.1. The van der Waals surface area contributed by atoms with Gasteiger partial charge in [-0.1, -0.05) is 35.0 Å². The third-order valence-corrected chi connectivity index (χ3v) is 3.86. The van der Waals surface area contributed by atoms with Crippen LogP contribution in [0.1, 0.15) is 23.7 Å². The molecule has 1 heterocycles. The van der Waals surface area contributed by atoms with Crippen LogP contribution in [0.2, 0.25) is 0 Å². The van der Waals surface area contributed by atoms with Gasteiger partial charge in [-0.2, -0.15) is 0 Å². The molecule has 1 saturated heterocycles. The summed E-state index contributed by atoms with van der Waals surface area (Å²) in [5, 5.41) is 0. The van der Waals surface area contributed by atoms with E-state index in [0.717, 1.165) is 36.2 Å². The third kappa shape index (κ3) is 3.40. The van der Waals surface area contributed by atoms with E-state index >= 15 is 0 Å². The van der Waals surface area contributed by atoms with Gasteiger partial charge < -0.3 is 4.74 Å². The van der Waals surface area contributed by atoms with E-state index in [1.165, 1.54) is 0 Å². The summed E-state index contributed by atoms with van der Waals surface area (Å²) in [5.41, 5.74) is 0.777. The summed E-state index contributed by atoms with van der Waals surface area (Å²) >= 11 is 3.38. The van der Waals surface area contributed by atoms with Crippen molar-refractivity contribution in [3.05, 3.63) is 34.3 Å². The molecule has 0 aliphatic carbocycles. The van der Waals surface area contributed by atoms with E-state index < -0.39 is 0 Å². The molecule has 1 fully saturated rings. The van der Waals surface area contributed by atoms with Gasteiger partial charge in [0, 0.05) is 22.6 Å². The number of carbonyl (C=O) groups is 1. The molecular formula is C14H18BrNO2. The summed E-state index contributed by atoms with van der Waals surface area (Å²) in [6.45, 7) is 4.94. The summed E-state index contributed by atoms with van der Waals surface area (Å²) in [6.07, 6.45) is 1.02. The third-order valence-electron chi connectivity index (χ3n) is 3.33. The van der Waals surface area contributed by atoms with Gasteiger partial charge in [-0.25, -0.2) is 0 Å². The van der Waals surface area contributed by atoms with E-state index in [-0.39, 0.29) is 5.78 Å². The molecule has 2 rings (SSSR count). The Hall–Kier alpha value is -0.710. The molecule has 4 heteroatoms. The number of ether oxygens (including phenoxy) is 1. The number of Topliss-reactive ketones (excluding diaryl/α,β-unsaturated/α-hetero) is 1. The Labute approximate surface area is 116 Å². The summed E-state index contributed by atoms with van der Waals surface area (Å²) in [7, 11) is 0. The van der Waals surface area contributed by atoms with E-state index in [1.807, 2.05) is 24.3 Å². The molecule has 1 aromatic rings. The predicted molar refractivity (Wildman–Crippen MR) is 74.9 cm³/mol. The number of halogens is 1. The number of rotatable bonds is 4. The Balaban J connectivity index is 1.99. The van der Waals surface area contributed by atoms with E-state index in [0.29, 0.717) is 12.6 Å². The van der Waals surface area contributed by atoms with E-state index in [9.17, 15) is 4.79 Å². The quantitative estimate of drug-likeness (QED) is 0.801. The number of ketones is 1. The zero-order valence-electron chi connectivity index (χ0n) is 10.6. The Morgan fingerprint density at radius 2 is 2.17 bits per heavy atom. The first-order valence-corrected chi connectivity index (χ1v) is 7.10. The summed E-state index contributed by atoms with van der Waals surface area (Å²) < 4.78 is 6.44. The lowest BCUT2D eigenvalue weighted by Gasteiger charge is -2.34. The average molecular weight is 312 g/mol. The first-order chi connectivity index (χ1) is 8.70. The van der Waals surface area contributed by atoms with E-state index in [4.69, 9.17) is 4.74 Å². The molecule has 0 saturated carbocycles. The van der Waals surface area contributed by atoms with Gasteiger partial charge in [0.15, 0.2) is 5.78 Å². The molecule has 1 aliphatic heterocycles. The molecule has 0 amide bonds. The fraction of sp³-hybridized carbons (Fsp3) is 0.500. The molecule has 0 aromatic heterocycles. The zero-order chi connectivity index (χ0) is 13.0. The maximum absolute atomic E-state index is 12.2. The lowest BCUT2D eigenvalue weighted by molar-refractivity contribution is -0.00585. The monoisotopic (exact) mass is 311 g/mol. The van der Waals surface area contributed by atoms with Crippen molar-refractivity contribution in [2.45, 2.75) is 19.4 Å². The molecule has 1 aliphatic rings. The van der Waals surface area contributed by atoms with Crippen molar-refractivity contribution in [2.24, 2.45) is 0 Å². The normalized spacial score (nSPS) is 20.9. The van der Waals surface area contributed by atoms with Crippen LogP contribution in [0.3, 0.4) is 0 Å². The molecule has 0 radical (unpaired) electrons. The van der Waals surface area contributed by atoms with Crippen LogP contribution in [0.4, 0.5) is 0 Å². The molecule has 1 unspecified atom stereocenters. The topological polar surface area (TPSA) is 29.5 Å². The maximum Gasteiger partial charge on any atom is 0.176 e. The van der Waals surface area contributed by atoms with Crippen LogP contribution in [-0.2, 0) is 4.74 Å². The van der Waals surface area contributed by atoms with Crippen molar-refractivity contribution in [3.63, 3.8) is 0 Å². The van der Waals surface area contributed by atoms with Crippen LogP contribution in [0.25, 0.3) is 0 Å². The molecule has 1 aromatic carbocycles. The van der Waals surface area contributed by atoms with Crippen LogP contribution in [0, 0.1) is 0 Å². The number of nitrogens with zero attached hydrogens (tertiary/aromatic N) is 1. The Kier molecular flexibility index (Phi) is 4.92. The minimum absolute atomic E-state index is 0.183. The van der Waals surface area contributed by atoms with E-state index in [2.05, 4.69) is 27.8 Å². The number of hydrogen-bond acceptors (Lipinski definition) is 3. The summed E-state index contributed by atoms with van der Waals surface area (Å²) in [4.78, 5) is 14.4. The minimum atomic E-state index is 0.183. The number of carbonyl (C=O) groups excluding carboxylic acids is 1. The van der Waals surface area contributed by atoms with Gasteiger partial charge in [-0.15, -0.1) is 0 Å². The van der Waals surface area contributed by atoms with Crippen LogP contribution < -0.4 is 0 Å². The number of morpholine rings is 1. The van der Waals surface area contributed by atoms with Gasteiger partial charge in [0.05, 0.1) is 19.8 Å². The highest BCUT2D eigenvalue weighted by Gasteiger charge is 2.23. The van der Waals surface area contributed by atoms with Crippen LogP contribution in [0.15, 0.2) is 28.7 Å². The highest BCUT2D eigenvalue weighted by molar-refractivity contribution is 9.10. The number of benzene rings is 1. The average Bonchev–Trinajstić information content (AvgIpc) is 2.40. The minimum Gasteiger partial charge on any atom is -0.378 e. The number of hydrogen-bond donors (Lipinski definition) is 0. The highest BCUT2D eigenvalue weighted by atomic mass is 79.9. The second-order valence-corrected chi connectivity index (χ2v) is 5.45. The van der Waals surface area contributed by atoms with Gasteiger partial charge in [0.1, 0.15) is 0 Å². The van der Waals surface area contributed by atoms with Gasteiger partial charge in [-0.3, -0.25) is 9.69 Å². The van der Waals surface area contributed by atoms with Crippen molar-refractivity contribution < 1.29 is 9.53 Å². The Morgan fingerprint density at radius 3 is 2.83 bits per heavy atom. The van der Waals surface area contributed by atoms with Gasteiger partial charge in [0.25, 0.3) is 0 Å². The first kappa shape index (κ1) is 13.7. The van der Waals surface area contributed by atoms with Crippen LogP contribution in [0.5, 0.6) is 0 Å². The van der Waals surface area contributed by atoms with Crippen molar-refractivity contribution in [1.29, 1.82) is 0 Å². The van der Waals surface area contributed by atoms with Gasteiger partial charge in [0.2, 0.25) is 0 Å². The fourth-order valence-electron chi connectivity index (χ4n) is 2.18. The molecule has 0 N–H and O–H groups in total. The molecule has 98 valence electrons. The molecule has 1 atom stereocenters. The maximum atomic E-state index is 12.2. The van der Waals surface area contributed by atoms with Crippen molar-refractivity contribution in [2.75, 3.05) is 26.3 Å². The zero-order valence-corrected chi connectivity index (χ0v) is 12.1. The Bertz CT molecular complexity index is 405. The smallest absolute Gasteiger partial charge is 0.176 e. The van der Waals surface area contributed by atoms with Crippen molar-refractivity contribution >= 4 is 21.7 Å². The molecule has 0 spiro atoms. The first-order valence-electron chi connectivity index (χ1n) is 6.31. The van der Waals surface area contributed by atoms with Gasteiger partial charge in [-0.05, 0) is 18.6 Å². The fourth-order valence-corrected chi connectivity index (χ4v) is 2.45. The van der Waals surface area contributed by atoms with Gasteiger partial charge >= 0.3 is 0 Å². The molecule has 3 nitrogen and oxygen atoms in total. The predicted octanol–water partition coefficient (Wildman–Crippen LogP) is 2.74. The standard InChI is InChI=1S/C14H18BrNO2/c1-2-13-10-18-8-7-16(13)9-14(17)11-3-5-12(15)6-4-11/h3-6,13H,2,7-10H2,1H3. The summed E-state index contributed by atoms with van der Waals surface area (Å²) in [6, 6.07) is 7.92. The molecular weight excluding hydrogens is 294 g/mol. The van der Waals surface area contributed by atoms with E-state index in [1.54, 1.807) is 0 Å². The van der Waals surface area contributed by atoms with Crippen molar-refractivity contribution in [1.82, 2.24) is 4.90 Å². The van der Waals surface area contributed by atoms with Crippen molar-refractivity contribution in [3.8, 4) is 0 Å². The molecule has 18 heavy (non-hydrogen) atoms. The molecule has 0 bridgehead atoms. The largest absolute Gasteiger partial charge is 0.378 e. The highest BCUT2D eigenvalue weighted by Crippen LogP contribution is 2.14. The van der Waals surface area contributed by atoms with Crippen LogP contribution >= 0.6 is 15.9 Å². The lowest BCUT2D eigenvalue weighted by Crippen LogP contribution is -2.47. The summed E-state index contributed by atoms with van der Waals surface area (Å²) in [5.74, 6) is 0.183. The second-order valence-electron chi connectivity index (χ2n) is 4.54. The SMILES string of the molecule is CCC1COCCN1CC(=O)c1ccc(Br)cc1. The van der Waals surface area contributed by atoms with Crippen LogP contribution in [-0.4, -0.2) is 43.0 Å².